The Hall–Kier alpha value is -2.82. The number of aromatic amines is 1. The number of nitrogens with one attached hydrogen (secondary N) is 1. The van der Waals surface area contributed by atoms with Gasteiger partial charge in [0.25, 0.3) is 0 Å². The van der Waals surface area contributed by atoms with E-state index in [1.165, 1.54) is 0 Å². The first-order valence-corrected chi connectivity index (χ1v) is 8.85. The van der Waals surface area contributed by atoms with E-state index in [1.54, 1.807) is 7.11 Å². The predicted molar refractivity (Wildman–Crippen MR) is 104 cm³/mol. The molecule has 26 heavy (non-hydrogen) atoms. The zero-order valence-corrected chi connectivity index (χ0v) is 15.8. The molecule has 0 unspecified atom stereocenters. The Morgan fingerprint density at radius 3 is 2.46 bits per heavy atom. The summed E-state index contributed by atoms with van der Waals surface area (Å²) in [5.41, 5.74) is 4.30. The predicted octanol–water partition coefficient (Wildman–Crippen LogP) is 4.27. The molecule has 0 aliphatic carbocycles. The van der Waals surface area contributed by atoms with Gasteiger partial charge >= 0.3 is 0 Å². The third kappa shape index (κ3) is 2.30. The molecule has 134 valence electrons. The van der Waals surface area contributed by atoms with E-state index in [1.807, 2.05) is 62.9 Å². The van der Waals surface area contributed by atoms with E-state index in [2.05, 4.69) is 11.1 Å². The van der Waals surface area contributed by atoms with Gasteiger partial charge in [-0.05, 0) is 69.7 Å². The van der Waals surface area contributed by atoms with Gasteiger partial charge in [-0.25, -0.2) is 4.98 Å². The van der Waals surface area contributed by atoms with Crippen molar-refractivity contribution in [2.75, 3.05) is 12.0 Å². The SMILES string of the molecule is COc1ccc(-c2nc3cc4c(cc3[nH]2)C(C)(C)C(=O)N4C(C)C)cc1. The molecule has 1 amide bonds. The topological polar surface area (TPSA) is 58.2 Å². The van der Waals surface area contributed by atoms with Crippen molar-refractivity contribution in [2.45, 2.75) is 39.2 Å². The van der Waals surface area contributed by atoms with Crippen molar-refractivity contribution in [1.29, 1.82) is 0 Å². The molecule has 5 heteroatoms. The largest absolute Gasteiger partial charge is 0.497 e. The summed E-state index contributed by atoms with van der Waals surface area (Å²) in [6.07, 6.45) is 0. The van der Waals surface area contributed by atoms with Crippen molar-refractivity contribution in [3.8, 4) is 17.1 Å². The number of hydrogen-bond acceptors (Lipinski definition) is 3. The van der Waals surface area contributed by atoms with Gasteiger partial charge in [0.05, 0.1) is 29.2 Å². The van der Waals surface area contributed by atoms with Crippen LogP contribution >= 0.6 is 0 Å². The highest BCUT2D eigenvalue weighted by molar-refractivity contribution is 6.09. The van der Waals surface area contributed by atoms with Gasteiger partial charge in [-0.2, -0.15) is 0 Å². The van der Waals surface area contributed by atoms with E-state index in [0.29, 0.717) is 0 Å². The summed E-state index contributed by atoms with van der Waals surface area (Å²) in [6.45, 7) is 8.06. The molecule has 5 nitrogen and oxygen atoms in total. The summed E-state index contributed by atoms with van der Waals surface area (Å²) >= 11 is 0. The standard InChI is InChI=1S/C21H23N3O2/c1-12(2)24-18-11-17-16(10-15(18)21(3,4)20(24)25)22-19(23-17)13-6-8-14(26-5)9-7-13/h6-12H,1-5H3,(H,22,23). The van der Waals surface area contributed by atoms with Crippen LogP contribution in [0.2, 0.25) is 0 Å². The Kier molecular flexibility index (Phi) is 3.58. The molecule has 0 spiro atoms. The number of H-pyrrole nitrogens is 1. The Labute approximate surface area is 153 Å². The number of benzene rings is 2. The van der Waals surface area contributed by atoms with E-state index in [0.717, 1.165) is 39.4 Å². The number of ether oxygens (including phenoxy) is 1. The number of nitrogens with zero attached hydrogens (tertiary/aromatic N) is 2. The molecule has 0 bridgehead atoms. The molecular formula is C21H23N3O2. The number of carbonyl (C=O) groups is 1. The average molecular weight is 349 g/mol. The lowest BCUT2D eigenvalue weighted by Gasteiger charge is -2.24. The first kappa shape index (κ1) is 16.6. The highest BCUT2D eigenvalue weighted by Gasteiger charge is 2.45. The van der Waals surface area contributed by atoms with Gasteiger partial charge in [0.15, 0.2) is 0 Å². The summed E-state index contributed by atoms with van der Waals surface area (Å²) in [5, 5.41) is 0. The van der Waals surface area contributed by atoms with Crippen molar-refractivity contribution < 1.29 is 9.53 Å². The third-order valence-electron chi connectivity index (χ3n) is 5.17. The molecular weight excluding hydrogens is 326 g/mol. The minimum absolute atomic E-state index is 0.112. The van der Waals surface area contributed by atoms with Crippen molar-refractivity contribution in [3.63, 3.8) is 0 Å². The molecule has 0 radical (unpaired) electrons. The summed E-state index contributed by atoms with van der Waals surface area (Å²) in [4.78, 5) is 22.9. The first-order chi connectivity index (χ1) is 12.3. The van der Waals surface area contributed by atoms with Crippen molar-refractivity contribution in [1.82, 2.24) is 9.97 Å². The minimum atomic E-state index is -0.529. The smallest absolute Gasteiger partial charge is 0.237 e. The maximum Gasteiger partial charge on any atom is 0.237 e. The van der Waals surface area contributed by atoms with E-state index in [4.69, 9.17) is 9.72 Å². The maximum atomic E-state index is 12.9. The molecule has 1 N–H and O–H groups in total. The monoisotopic (exact) mass is 349 g/mol. The molecule has 3 aromatic rings. The molecule has 2 aromatic carbocycles. The zero-order valence-electron chi connectivity index (χ0n) is 15.8. The zero-order chi connectivity index (χ0) is 18.6. The van der Waals surface area contributed by atoms with Crippen LogP contribution in [0, 0.1) is 0 Å². The number of rotatable bonds is 3. The van der Waals surface area contributed by atoms with Crippen LogP contribution in [0.1, 0.15) is 33.3 Å². The van der Waals surface area contributed by atoms with E-state index >= 15 is 0 Å². The Bertz CT molecular complexity index is 1000. The van der Waals surface area contributed by atoms with Crippen LogP contribution in [0.3, 0.4) is 0 Å². The van der Waals surface area contributed by atoms with Gasteiger partial charge in [-0.1, -0.05) is 0 Å². The fourth-order valence-electron chi connectivity index (χ4n) is 3.67. The summed E-state index contributed by atoms with van der Waals surface area (Å²) in [6, 6.07) is 12.0. The Morgan fingerprint density at radius 1 is 1.15 bits per heavy atom. The van der Waals surface area contributed by atoms with E-state index in [-0.39, 0.29) is 11.9 Å². The molecule has 1 aliphatic rings. The number of fused-ring (bicyclic) bond motifs is 2. The number of imidazole rings is 1. The third-order valence-corrected chi connectivity index (χ3v) is 5.17. The number of amides is 1. The van der Waals surface area contributed by atoms with Gasteiger partial charge in [0.2, 0.25) is 5.91 Å². The van der Waals surface area contributed by atoms with Gasteiger partial charge in [0.1, 0.15) is 11.6 Å². The number of anilines is 1. The number of aromatic nitrogens is 2. The highest BCUT2D eigenvalue weighted by atomic mass is 16.5. The number of methoxy groups -OCH3 is 1. The highest BCUT2D eigenvalue weighted by Crippen LogP contribution is 2.44. The normalized spacial score (nSPS) is 15.8. The van der Waals surface area contributed by atoms with Crippen LogP contribution in [0.25, 0.3) is 22.4 Å². The second-order valence-electron chi connectivity index (χ2n) is 7.59. The summed E-state index contributed by atoms with van der Waals surface area (Å²) < 4.78 is 5.22. The van der Waals surface area contributed by atoms with Crippen LogP contribution in [-0.2, 0) is 10.2 Å². The Balaban J connectivity index is 1.85. The molecule has 4 rings (SSSR count). The Morgan fingerprint density at radius 2 is 1.85 bits per heavy atom. The molecule has 0 saturated heterocycles. The van der Waals surface area contributed by atoms with Crippen LogP contribution in [0.5, 0.6) is 5.75 Å². The second-order valence-corrected chi connectivity index (χ2v) is 7.59. The van der Waals surface area contributed by atoms with Crippen LogP contribution in [-0.4, -0.2) is 29.0 Å². The maximum absolute atomic E-state index is 12.9. The van der Waals surface area contributed by atoms with Crippen molar-refractivity contribution in [2.24, 2.45) is 0 Å². The molecule has 1 aromatic heterocycles. The lowest BCUT2D eigenvalue weighted by atomic mass is 9.86. The van der Waals surface area contributed by atoms with E-state index in [9.17, 15) is 4.79 Å². The van der Waals surface area contributed by atoms with Gasteiger partial charge in [0, 0.05) is 11.6 Å². The minimum Gasteiger partial charge on any atom is -0.497 e. The van der Waals surface area contributed by atoms with Gasteiger partial charge < -0.3 is 14.6 Å². The summed E-state index contributed by atoms with van der Waals surface area (Å²) in [5.74, 6) is 1.77. The lowest BCUT2D eigenvalue weighted by molar-refractivity contribution is -0.122. The average Bonchev–Trinajstić information content (AvgIpc) is 3.11. The number of carbonyl (C=O) groups excluding carboxylic acids is 1. The molecule has 0 saturated carbocycles. The lowest BCUT2D eigenvalue weighted by Crippen LogP contribution is -2.40. The fourth-order valence-corrected chi connectivity index (χ4v) is 3.67. The number of hydrogen-bond donors (Lipinski definition) is 1. The molecule has 0 atom stereocenters. The van der Waals surface area contributed by atoms with Crippen molar-refractivity contribution >= 4 is 22.6 Å². The van der Waals surface area contributed by atoms with Crippen LogP contribution < -0.4 is 9.64 Å². The van der Waals surface area contributed by atoms with Crippen LogP contribution in [0.4, 0.5) is 5.69 Å². The molecule has 0 fully saturated rings. The first-order valence-electron chi connectivity index (χ1n) is 8.85. The van der Waals surface area contributed by atoms with Gasteiger partial charge in [-0.15, -0.1) is 0 Å². The summed E-state index contributed by atoms with van der Waals surface area (Å²) in [7, 11) is 1.65. The van der Waals surface area contributed by atoms with Crippen molar-refractivity contribution in [3.05, 3.63) is 42.0 Å². The fraction of sp³-hybridized carbons (Fsp3) is 0.333. The van der Waals surface area contributed by atoms with E-state index < -0.39 is 5.41 Å². The quantitative estimate of drug-likeness (QED) is 0.768. The van der Waals surface area contributed by atoms with Gasteiger partial charge in [-0.3, -0.25) is 4.79 Å². The second kappa shape index (κ2) is 5.59. The van der Waals surface area contributed by atoms with Crippen LogP contribution in [0.15, 0.2) is 36.4 Å². The molecule has 1 aliphatic heterocycles. The molecule has 2 heterocycles.